The van der Waals surface area contributed by atoms with Crippen LogP contribution in [0.5, 0.6) is 0 Å². The monoisotopic (exact) mass is 498 g/mol. The Morgan fingerprint density at radius 3 is 1.16 bits per heavy atom. The number of hydrogen-bond acceptors (Lipinski definition) is 1. The summed E-state index contributed by atoms with van der Waals surface area (Å²) < 4.78 is 10.1. The Balaban J connectivity index is 1.94. The summed E-state index contributed by atoms with van der Waals surface area (Å²) in [7, 11) is 0. The topological polar surface area (TPSA) is 9.23 Å². The molecule has 0 saturated carbocycles. The second kappa shape index (κ2) is 9.26. The zero-order valence-electron chi connectivity index (χ0n) is 14.9. The summed E-state index contributed by atoms with van der Waals surface area (Å²) in [5.41, 5.74) is 4.26. The molecule has 0 unspecified atom stereocenters. The van der Waals surface area contributed by atoms with Crippen molar-refractivity contribution < 1.29 is 23.3 Å². The Morgan fingerprint density at radius 1 is 0.560 bits per heavy atom. The van der Waals surface area contributed by atoms with Gasteiger partial charge in [-0.05, 0) is 0 Å². The Morgan fingerprint density at radius 2 is 0.880 bits per heavy atom. The molecule has 128 valence electrons. The SMILES string of the molecule is CC[O][Hf]([CH2]c1ccccc1)([CH2]c1ccccc1)[CH2]c1ccccc1. The Hall–Kier alpha value is -1.51. The number of benzene rings is 3. The normalized spacial score (nSPS) is 11.4. The van der Waals surface area contributed by atoms with Crippen molar-refractivity contribution in [2.75, 3.05) is 6.61 Å². The predicted molar refractivity (Wildman–Crippen MR) is 102 cm³/mol. The van der Waals surface area contributed by atoms with Crippen molar-refractivity contribution >= 4 is 0 Å². The van der Waals surface area contributed by atoms with Gasteiger partial charge in [0.25, 0.3) is 0 Å². The molecule has 0 aliphatic carbocycles. The van der Waals surface area contributed by atoms with E-state index in [1.807, 2.05) is 0 Å². The third-order valence-electron chi connectivity index (χ3n) is 4.56. The molecule has 0 heterocycles. The molecule has 0 aliphatic rings. The molecule has 0 spiro atoms. The molecule has 0 aromatic heterocycles. The molecule has 25 heavy (non-hydrogen) atoms. The second-order valence-electron chi connectivity index (χ2n) is 6.60. The first kappa shape index (κ1) is 18.3. The van der Waals surface area contributed by atoms with Crippen LogP contribution in [0.2, 0.25) is 0 Å². The van der Waals surface area contributed by atoms with E-state index in [1.54, 1.807) is 0 Å². The predicted octanol–water partition coefficient (Wildman–Crippen LogP) is 5.69. The van der Waals surface area contributed by atoms with Gasteiger partial charge < -0.3 is 0 Å². The molecule has 0 fully saturated rings. The summed E-state index contributed by atoms with van der Waals surface area (Å²) in [6.45, 7) is 2.96. The van der Waals surface area contributed by atoms with Crippen LogP contribution in [0.1, 0.15) is 23.6 Å². The number of hydrogen-bond donors (Lipinski definition) is 0. The molecule has 0 saturated heterocycles. The van der Waals surface area contributed by atoms with E-state index >= 15 is 0 Å². The van der Waals surface area contributed by atoms with E-state index in [4.69, 9.17) is 2.85 Å². The second-order valence-corrected chi connectivity index (χ2v) is 20.0. The molecule has 0 radical (unpaired) electrons. The molecule has 0 aliphatic heterocycles. The summed E-state index contributed by atoms with van der Waals surface area (Å²) in [5, 5.41) is 0. The first-order chi connectivity index (χ1) is 12.3. The van der Waals surface area contributed by atoms with Gasteiger partial charge in [-0.3, -0.25) is 0 Å². The van der Waals surface area contributed by atoms with E-state index in [0.717, 1.165) is 19.1 Å². The summed E-state index contributed by atoms with van der Waals surface area (Å²) in [6, 6.07) is 32.7. The van der Waals surface area contributed by atoms with Gasteiger partial charge in [0.1, 0.15) is 0 Å². The van der Waals surface area contributed by atoms with Gasteiger partial charge >= 0.3 is 157 Å². The van der Waals surface area contributed by atoms with Crippen LogP contribution in [0, 0.1) is 0 Å². The third kappa shape index (κ3) is 5.49. The van der Waals surface area contributed by atoms with E-state index in [1.165, 1.54) is 16.7 Å². The third-order valence-corrected chi connectivity index (χ3v) is 19.1. The van der Waals surface area contributed by atoms with Gasteiger partial charge in [-0.25, -0.2) is 0 Å². The molecule has 0 atom stereocenters. The van der Waals surface area contributed by atoms with Crippen LogP contribution in [0.15, 0.2) is 91.0 Å². The Kier molecular flexibility index (Phi) is 6.77. The van der Waals surface area contributed by atoms with Crippen LogP contribution in [0.4, 0.5) is 0 Å². The summed E-state index contributed by atoms with van der Waals surface area (Å²) in [5.74, 6) is 0. The molecule has 0 bridgehead atoms. The average molecular weight is 497 g/mol. The molecule has 3 aromatic rings. The van der Waals surface area contributed by atoms with Crippen molar-refractivity contribution in [1.29, 1.82) is 0 Å². The number of rotatable bonds is 8. The van der Waals surface area contributed by atoms with Gasteiger partial charge in [-0.15, -0.1) is 0 Å². The van der Waals surface area contributed by atoms with Crippen molar-refractivity contribution in [3.05, 3.63) is 108 Å². The van der Waals surface area contributed by atoms with Crippen LogP contribution in [0.3, 0.4) is 0 Å². The minimum atomic E-state index is -3.09. The van der Waals surface area contributed by atoms with E-state index in [2.05, 4.69) is 97.9 Å². The van der Waals surface area contributed by atoms with Gasteiger partial charge in [-0.1, -0.05) is 0 Å². The van der Waals surface area contributed by atoms with Gasteiger partial charge in [-0.2, -0.15) is 0 Å². The van der Waals surface area contributed by atoms with E-state index < -0.39 is 20.4 Å². The fraction of sp³-hybridized carbons (Fsp3) is 0.217. The van der Waals surface area contributed by atoms with Crippen LogP contribution < -0.4 is 0 Å². The summed E-state index contributed by atoms with van der Waals surface area (Å²) in [4.78, 5) is 0. The zero-order chi connectivity index (χ0) is 17.4. The molecule has 3 rings (SSSR count). The van der Waals surface area contributed by atoms with Crippen LogP contribution >= 0.6 is 0 Å². The van der Waals surface area contributed by atoms with Crippen LogP contribution in [0.25, 0.3) is 0 Å². The average Bonchev–Trinajstić information content (AvgIpc) is 2.64. The first-order valence-corrected chi connectivity index (χ1v) is 18.1. The maximum absolute atomic E-state index is 6.66. The van der Waals surface area contributed by atoms with E-state index in [9.17, 15) is 0 Å². The van der Waals surface area contributed by atoms with Crippen molar-refractivity contribution in [3.63, 3.8) is 0 Å². The van der Waals surface area contributed by atoms with E-state index in [-0.39, 0.29) is 0 Å². The van der Waals surface area contributed by atoms with Crippen LogP contribution in [-0.4, -0.2) is 6.61 Å². The van der Waals surface area contributed by atoms with Crippen LogP contribution in [-0.2, 0) is 35.8 Å². The Bertz CT molecular complexity index is 639. The Labute approximate surface area is 156 Å². The molecule has 3 aromatic carbocycles. The maximum atomic E-state index is 6.66. The zero-order valence-corrected chi connectivity index (χ0v) is 18.5. The van der Waals surface area contributed by atoms with Gasteiger partial charge in [0.2, 0.25) is 0 Å². The molecular weight excluding hydrogens is 471 g/mol. The quantitative estimate of drug-likeness (QED) is 0.364. The molecule has 2 heteroatoms. The standard InChI is InChI=1S/3C7H7.C2H5O.Hf/c3*1-7-5-3-2-4-6-7;1-2-3;/h3*2-6H,1H2;2H2,1H3;/q;;;-1;+1. The van der Waals surface area contributed by atoms with Crippen molar-refractivity contribution in [2.24, 2.45) is 0 Å². The molecule has 0 amide bonds. The summed E-state index contributed by atoms with van der Waals surface area (Å²) >= 11 is -3.09. The summed E-state index contributed by atoms with van der Waals surface area (Å²) in [6.07, 6.45) is 0. The molecular formula is C23H26HfO. The molecule has 1 nitrogen and oxygen atoms in total. The fourth-order valence-electron chi connectivity index (χ4n) is 3.55. The molecule has 0 N–H and O–H groups in total. The van der Waals surface area contributed by atoms with Gasteiger partial charge in [0.15, 0.2) is 0 Å². The van der Waals surface area contributed by atoms with Crippen molar-refractivity contribution in [2.45, 2.75) is 19.5 Å². The van der Waals surface area contributed by atoms with Crippen molar-refractivity contribution in [1.82, 2.24) is 0 Å². The van der Waals surface area contributed by atoms with Gasteiger partial charge in [0.05, 0.1) is 0 Å². The van der Waals surface area contributed by atoms with Gasteiger partial charge in [0, 0.05) is 0 Å². The fourth-order valence-corrected chi connectivity index (χ4v) is 18.8. The van der Waals surface area contributed by atoms with Crippen molar-refractivity contribution in [3.8, 4) is 0 Å². The van der Waals surface area contributed by atoms with E-state index in [0.29, 0.717) is 0 Å². The minimum absolute atomic E-state index is 0.814. The first-order valence-electron chi connectivity index (χ1n) is 9.05.